The van der Waals surface area contributed by atoms with Gasteiger partial charge < -0.3 is 25.6 Å². The van der Waals surface area contributed by atoms with Crippen LogP contribution in [-0.2, 0) is 25.7 Å². The first kappa shape index (κ1) is 32.1. The van der Waals surface area contributed by atoms with Gasteiger partial charge in [0.05, 0.1) is 29.1 Å². The predicted molar refractivity (Wildman–Crippen MR) is 144 cm³/mol. The van der Waals surface area contributed by atoms with E-state index in [2.05, 4.69) is 21.9 Å². The van der Waals surface area contributed by atoms with E-state index in [1.54, 1.807) is 12.1 Å². The highest BCUT2D eigenvalue weighted by Crippen LogP contribution is 2.29. The summed E-state index contributed by atoms with van der Waals surface area (Å²) in [6.45, 7) is -0.872. The SMILES string of the molecule is N=C(N)NCCCC#Cc1ccc2c(c1)C(=O)N(CCC(=O)OC(=O)C(F)(F)F)CC(=O)N2Cc1cccc([N+](=O)[O-])c1. The Morgan fingerprint density at radius 2 is 1.93 bits per heavy atom. The molecule has 0 aromatic heterocycles. The average Bonchev–Trinajstić information content (AvgIpc) is 3.03. The number of hydrogen-bond acceptors (Lipinski definition) is 8. The molecule has 3 rings (SSSR count). The highest BCUT2D eigenvalue weighted by atomic mass is 19.4. The predicted octanol–water partition coefficient (Wildman–Crippen LogP) is 2.22. The number of amides is 2. The van der Waals surface area contributed by atoms with Crippen LogP contribution in [0, 0.1) is 27.4 Å². The van der Waals surface area contributed by atoms with Crippen LogP contribution in [0.4, 0.5) is 24.5 Å². The lowest BCUT2D eigenvalue weighted by Gasteiger charge is -2.23. The minimum atomic E-state index is -5.39. The Kier molecular flexibility index (Phi) is 10.4. The van der Waals surface area contributed by atoms with Crippen LogP contribution < -0.4 is 16.0 Å². The van der Waals surface area contributed by atoms with Crippen molar-refractivity contribution in [1.29, 1.82) is 5.41 Å². The molecule has 2 aromatic rings. The first-order valence-electron chi connectivity index (χ1n) is 12.6. The number of nitrogens with zero attached hydrogens (tertiary/aromatic N) is 3. The van der Waals surface area contributed by atoms with Gasteiger partial charge in [0.2, 0.25) is 5.91 Å². The number of carbonyl (C=O) groups is 4. The standard InChI is InChI=1S/C27H25F3N6O7/c28-27(29,30)25(40)43-23(38)10-12-34-16-22(37)35(15-18-6-4-7-19(13-18)36(41)42)21-9-8-17(14-20(21)24(34)39)5-2-1-3-11-33-26(31)32/h4,6-9,13-14H,1,3,10-12,15-16H2,(H4,31,32,33). The Balaban J connectivity index is 1.89. The van der Waals surface area contributed by atoms with E-state index in [1.807, 2.05) is 0 Å². The van der Waals surface area contributed by atoms with Gasteiger partial charge in [-0.2, -0.15) is 13.2 Å². The van der Waals surface area contributed by atoms with Gasteiger partial charge in [0.1, 0.15) is 6.54 Å². The molecule has 1 heterocycles. The molecule has 0 unspecified atom stereocenters. The molecule has 0 atom stereocenters. The lowest BCUT2D eigenvalue weighted by molar-refractivity contribution is -0.384. The second kappa shape index (κ2) is 13.9. The van der Waals surface area contributed by atoms with Crippen LogP contribution >= 0.6 is 0 Å². The van der Waals surface area contributed by atoms with E-state index in [-0.39, 0.29) is 29.4 Å². The maximum absolute atomic E-state index is 13.5. The zero-order valence-corrected chi connectivity index (χ0v) is 22.4. The number of guanidine groups is 1. The molecule has 0 spiro atoms. The van der Waals surface area contributed by atoms with Crippen molar-refractivity contribution >= 4 is 41.1 Å². The van der Waals surface area contributed by atoms with Crippen LogP contribution in [0.1, 0.15) is 40.7 Å². The first-order valence-corrected chi connectivity index (χ1v) is 12.6. The van der Waals surface area contributed by atoms with Crippen LogP contribution in [0.25, 0.3) is 0 Å². The number of alkyl halides is 3. The Morgan fingerprint density at radius 3 is 2.60 bits per heavy atom. The number of nitro benzene ring substituents is 1. The minimum Gasteiger partial charge on any atom is -0.386 e. The van der Waals surface area contributed by atoms with Gasteiger partial charge in [-0.1, -0.05) is 24.0 Å². The van der Waals surface area contributed by atoms with Crippen molar-refractivity contribution in [3.8, 4) is 11.8 Å². The number of rotatable bonds is 9. The number of nitro groups is 1. The van der Waals surface area contributed by atoms with E-state index in [4.69, 9.17) is 11.1 Å². The number of hydrogen-bond donors (Lipinski definition) is 3. The summed E-state index contributed by atoms with van der Waals surface area (Å²) in [7, 11) is 0. The number of non-ortho nitro benzene ring substituents is 1. The lowest BCUT2D eigenvalue weighted by Crippen LogP contribution is -2.40. The van der Waals surface area contributed by atoms with E-state index in [0.717, 1.165) is 4.90 Å². The average molecular weight is 603 g/mol. The topological polar surface area (TPSA) is 189 Å². The molecular weight excluding hydrogens is 577 g/mol. The van der Waals surface area contributed by atoms with Crippen LogP contribution in [0.2, 0.25) is 0 Å². The Bertz CT molecular complexity index is 1520. The first-order chi connectivity index (χ1) is 20.3. The summed E-state index contributed by atoms with van der Waals surface area (Å²) in [5.74, 6) is -0.000428. The molecular formula is C27H25F3N6O7. The summed E-state index contributed by atoms with van der Waals surface area (Å²) >= 11 is 0. The molecule has 0 bridgehead atoms. The van der Waals surface area contributed by atoms with Gasteiger partial charge in [-0.15, -0.1) is 0 Å². The van der Waals surface area contributed by atoms with Crippen LogP contribution in [0.5, 0.6) is 0 Å². The third kappa shape index (κ3) is 9.01. The van der Waals surface area contributed by atoms with Gasteiger partial charge in [0.15, 0.2) is 5.96 Å². The number of fused-ring (bicyclic) bond motifs is 1. The summed E-state index contributed by atoms with van der Waals surface area (Å²) in [4.78, 5) is 62.5. The molecule has 2 aromatic carbocycles. The largest absolute Gasteiger partial charge is 0.491 e. The molecule has 226 valence electrons. The fraction of sp³-hybridized carbons (Fsp3) is 0.296. The molecule has 13 nitrogen and oxygen atoms in total. The number of carbonyl (C=O) groups excluding carboxylic acids is 4. The smallest absolute Gasteiger partial charge is 0.386 e. The number of anilines is 1. The lowest BCUT2D eigenvalue weighted by atomic mass is 10.1. The van der Waals surface area contributed by atoms with E-state index < -0.39 is 54.4 Å². The van der Waals surface area contributed by atoms with E-state index in [1.165, 1.54) is 35.2 Å². The van der Waals surface area contributed by atoms with Gasteiger partial charge in [-0.25, -0.2) is 4.79 Å². The number of nitrogens with one attached hydrogen (secondary N) is 2. The van der Waals surface area contributed by atoms with Crippen molar-refractivity contribution in [3.63, 3.8) is 0 Å². The molecule has 2 amide bonds. The normalized spacial score (nSPS) is 12.9. The number of nitrogens with two attached hydrogens (primary N) is 1. The number of halogens is 3. The molecule has 43 heavy (non-hydrogen) atoms. The summed E-state index contributed by atoms with van der Waals surface area (Å²) in [6.07, 6.45) is -5.21. The Hall–Kier alpha value is -5.46. The van der Waals surface area contributed by atoms with Gasteiger partial charge >= 0.3 is 18.1 Å². The monoisotopic (exact) mass is 602 g/mol. The van der Waals surface area contributed by atoms with Gasteiger partial charge in [0.25, 0.3) is 11.6 Å². The van der Waals surface area contributed by atoms with Crippen molar-refractivity contribution < 1.29 is 42.0 Å². The van der Waals surface area contributed by atoms with Crippen molar-refractivity contribution in [2.75, 3.05) is 24.5 Å². The van der Waals surface area contributed by atoms with Crippen molar-refractivity contribution in [2.24, 2.45) is 5.73 Å². The van der Waals surface area contributed by atoms with Crippen molar-refractivity contribution in [3.05, 3.63) is 69.3 Å². The summed E-state index contributed by atoms with van der Waals surface area (Å²) in [6, 6.07) is 9.99. The number of esters is 2. The number of unbranched alkanes of at least 4 members (excludes halogenated alkanes) is 1. The van der Waals surface area contributed by atoms with Gasteiger partial charge in [-0.05, 0) is 30.2 Å². The molecule has 16 heteroatoms. The third-order valence-corrected chi connectivity index (χ3v) is 5.94. The molecule has 1 aliphatic rings. The van der Waals surface area contributed by atoms with Crippen LogP contribution in [0.3, 0.4) is 0 Å². The van der Waals surface area contributed by atoms with E-state index >= 15 is 0 Å². The van der Waals surface area contributed by atoms with Crippen molar-refractivity contribution in [1.82, 2.24) is 10.2 Å². The summed E-state index contributed by atoms with van der Waals surface area (Å²) in [5, 5.41) is 21.0. The zero-order chi connectivity index (χ0) is 31.7. The highest BCUT2D eigenvalue weighted by molar-refractivity contribution is 6.10. The molecule has 4 N–H and O–H groups in total. The van der Waals surface area contributed by atoms with Crippen LogP contribution in [0.15, 0.2) is 42.5 Å². The highest BCUT2D eigenvalue weighted by Gasteiger charge is 2.42. The second-order valence-corrected chi connectivity index (χ2v) is 9.12. The second-order valence-electron chi connectivity index (χ2n) is 9.12. The Morgan fingerprint density at radius 1 is 1.19 bits per heavy atom. The van der Waals surface area contributed by atoms with Crippen molar-refractivity contribution in [2.45, 2.75) is 32.0 Å². The molecule has 0 saturated carbocycles. The van der Waals surface area contributed by atoms with E-state index in [0.29, 0.717) is 30.5 Å². The number of ether oxygens (including phenoxy) is 1. The Labute approximate surface area is 242 Å². The molecule has 1 aliphatic heterocycles. The van der Waals surface area contributed by atoms with Gasteiger partial charge in [-0.3, -0.25) is 29.9 Å². The third-order valence-electron chi connectivity index (χ3n) is 5.94. The fourth-order valence-corrected chi connectivity index (χ4v) is 3.95. The quantitative estimate of drug-likeness (QED) is 0.0565. The zero-order valence-electron chi connectivity index (χ0n) is 22.4. The maximum Gasteiger partial charge on any atom is 0.491 e. The minimum absolute atomic E-state index is 0.0129. The molecule has 0 saturated heterocycles. The summed E-state index contributed by atoms with van der Waals surface area (Å²) in [5.41, 5.74) is 5.92. The molecule has 0 aliphatic carbocycles. The number of benzene rings is 2. The fourth-order valence-electron chi connectivity index (χ4n) is 3.95. The molecule has 0 fully saturated rings. The summed E-state index contributed by atoms with van der Waals surface area (Å²) < 4.78 is 41.1. The van der Waals surface area contributed by atoms with Gasteiger partial charge in [0, 0.05) is 37.2 Å². The maximum atomic E-state index is 13.5. The molecule has 0 radical (unpaired) electrons. The van der Waals surface area contributed by atoms with Crippen LogP contribution in [-0.4, -0.2) is 65.3 Å². The van der Waals surface area contributed by atoms with E-state index in [9.17, 15) is 42.5 Å².